The lowest BCUT2D eigenvalue weighted by molar-refractivity contribution is -0.279. The summed E-state index contributed by atoms with van der Waals surface area (Å²) in [5.74, 6) is -6.56. The molecule has 19 heteroatoms. The summed E-state index contributed by atoms with van der Waals surface area (Å²) in [6.45, 7) is -1.33. The van der Waals surface area contributed by atoms with E-state index in [4.69, 9.17) is 38.8 Å². The molecule has 3 rings (SSSR count). The van der Waals surface area contributed by atoms with Crippen LogP contribution in [0, 0.1) is 5.82 Å². The minimum atomic E-state index is -1.94. The Morgan fingerprint density at radius 1 is 1.09 bits per heavy atom. The molecule has 0 unspecified atom stereocenters. The number of hydroxylamine groups is 1. The van der Waals surface area contributed by atoms with Crippen LogP contribution in [0.2, 0.25) is 0 Å². The second kappa shape index (κ2) is 15.6. The van der Waals surface area contributed by atoms with Gasteiger partial charge in [0, 0.05) is 0 Å². The number of aliphatic carboxylic acids is 1. The SMILES string of the molecule is CO/N=C(/C(=O)NOCCO)c1ccccc1Oc1ncnc(O[C@@H]2O[C@H](COC(=O)CC(=O)O)[C@@H](O)[C@H](O)[C@H]2O)c1F. The molecule has 0 spiro atoms. The number of ether oxygens (including phenoxy) is 4. The van der Waals surface area contributed by atoms with Crippen LogP contribution >= 0.6 is 0 Å². The van der Waals surface area contributed by atoms with Crippen LogP contribution in [0.15, 0.2) is 35.7 Å². The second-order valence-electron chi connectivity index (χ2n) is 8.41. The number of carbonyl (C=O) groups is 3. The number of oxime groups is 1. The molecular formula is C24H27FN4O14. The summed E-state index contributed by atoms with van der Waals surface area (Å²) in [4.78, 5) is 51.6. The van der Waals surface area contributed by atoms with Gasteiger partial charge >= 0.3 is 11.9 Å². The number of amides is 1. The lowest BCUT2D eigenvalue weighted by Crippen LogP contribution is -2.60. The van der Waals surface area contributed by atoms with E-state index >= 15 is 4.39 Å². The number of hydrogen-bond donors (Lipinski definition) is 6. The summed E-state index contributed by atoms with van der Waals surface area (Å²) in [6.07, 6.45) is -9.20. The van der Waals surface area contributed by atoms with Gasteiger partial charge in [-0.2, -0.15) is 14.4 Å². The molecule has 1 aromatic heterocycles. The average Bonchev–Trinajstić information content (AvgIpc) is 2.97. The molecule has 1 aromatic carbocycles. The van der Waals surface area contributed by atoms with E-state index in [1.54, 1.807) is 0 Å². The van der Waals surface area contributed by atoms with Crippen LogP contribution < -0.4 is 15.0 Å². The monoisotopic (exact) mass is 614 g/mol. The van der Waals surface area contributed by atoms with Gasteiger partial charge in [-0.15, -0.1) is 0 Å². The Kier molecular flexibility index (Phi) is 12.0. The summed E-state index contributed by atoms with van der Waals surface area (Å²) < 4.78 is 36.3. The molecule has 0 aliphatic carbocycles. The smallest absolute Gasteiger partial charge is 0.317 e. The predicted molar refractivity (Wildman–Crippen MR) is 134 cm³/mol. The van der Waals surface area contributed by atoms with E-state index < -0.39 is 79.2 Å². The molecule has 234 valence electrons. The first-order valence-electron chi connectivity index (χ1n) is 12.2. The molecule has 2 heterocycles. The van der Waals surface area contributed by atoms with Crippen LogP contribution in [0.4, 0.5) is 4.39 Å². The molecule has 0 bridgehead atoms. The Morgan fingerprint density at radius 2 is 1.81 bits per heavy atom. The van der Waals surface area contributed by atoms with Crippen molar-refractivity contribution in [1.82, 2.24) is 15.4 Å². The summed E-state index contributed by atoms with van der Waals surface area (Å²) in [5, 5.41) is 51.8. The Bertz CT molecular complexity index is 1310. The van der Waals surface area contributed by atoms with E-state index in [1.165, 1.54) is 31.4 Å². The molecule has 1 fully saturated rings. The maximum Gasteiger partial charge on any atom is 0.317 e. The molecule has 1 aliphatic rings. The summed E-state index contributed by atoms with van der Waals surface area (Å²) in [6, 6.07) is 5.73. The highest BCUT2D eigenvalue weighted by atomic mass is 19.1. The van der Waals surface area contributed by atoms with Crippen molar-refractivity contribution in [2.75, 3.05) is 26.9 Å². The molecule has 1 aliphatic heterocycles. The van der Waals surface area contributed by atoms with Crippen molar-refractivity contribution < 1.29 is 72.9 Å². The van der Waals surface area contributed by atoms with Gasteiger partial charge in [0.1, 0.15) is 56.6 Å². The van der Waals surface area contributed by atoms with Crippen molar-refractivity contribution >= 4 is 23.6 Å². The van der Waals surface area contributed by atoms with Crippen molar-refractivity contribution in [2.45, 2.75) is 37.1 Å². The minimum Gasteiger partial charge on any atom is -0.481 e. The van der Waals surface area contributed by atoms with Crippen molar-refractivity contribution in [3.05, 3.63) is 42.0 Å². The number of para-hydroxylation sites is 1. The quantitative estimate of drug-likeness (QED) is 0.0442. The average molecular weight is 614 g/mol. The van der Waals surface area contributed by atoms with Crippen LogP contribution in [-0.2, 0) is 33.5 Å². The zero-order valence-electron chi connectivity index (χ0n) is 22.2. The van der Waals surface area contributed by atoms with Gasteiger partial charge < -0.3 is 49.3 Å². The third kappa shape index (κ3) is 8.73. The highest BCUT2D eigenvalue weighted by Gasteiger charge is 2.46. The normalized spacial score (nSPS) is 21.9. The zero-order valence-corrected chi connectivity index (χ0v) is 22.2. The number of hydrogen-bond acceptors (Lipinski definition) is 16. The Labute approximate surface area is 241 Å². The molecule has 18 nitrogen and oxygen atoms in total. The standard InChI is InChI=1S/C24H27FN4O14/c1-38-28-17(21(37)29-40-7-6-30)11-4-2-3-5-12(11)41-22-16(25)23(27-10-26-22)43-24-20(36)19(35)18(34)13(42-24)9-39-15(33)8-14(31)32/h2-5,10,13,18-20,24,30,34-36H,6-9H2,1H3,(H,29,37)(H,31,32)/b28-17+/t13-,18-,19+,20-,24+/m1/s1. The number of rotatable bonds is 14. The lowest BCUT2D eigenvalue weighted by atomic mass is 9.99. The number of carboxylic acid groups (broad SMARTS) is 1. The molecular weight excluding hydrogens is 587 g/mol. The fraction of sp³-hybridized carbons (Fsp3) is 0.417. The van der Waals surface area contributed by atoms with Crippen molar-refractivity contribution in [3.63, 3.8) is 0 Å². The van der Waals surface area contributed by atoms with Gasteiger partial charge in [0.15, 0.2) is 5.71 Å². The number of carbonyl (C=O) groups excluding carboxylic acids is 2. The first kappa shape index (κ1) is 33.0. The molecule has 43 heavy (non-hydrogen) atoms. The van der Waals surface area contributed by atoms with Gasteiger partial charge in [0.05, 0.1) is 18.8 Å². The zero-order chi connectivity index (χ0) is 31.5. The first-order chi connectivity index (χ1) is 20.6. The molecule has 6 N–H and O–H groups in total. The number of nitrogens with one attached hydrogen (secondary N) is 1. The Hall–Kier alpha value is -4.53. The van der Waals surface area contributed by atoms with Crippen LogP contribution in [0.3, 0.4) is 0 Å². The Balaban J connectivity index is 1.80. The molecule has 1 amide bonds. The van der Waals surface area contributed by atoms with Gasteiger partial charge in [-0.25, -0.2) is 5.48 Å². The molecule has 1 saturated heterocycles. The van der Waals surface area contributed by atoms with Crippen LogP contribution in [0.5, 0.6) is 17.5 Å². The van der Waals surface area contributed by atoms with Crippen molar-refractivity contribution in [1.29, 1.82) is 0 Å². The fourth-order valence-corrected chi connectivity index (χ4v) is 3.47. The number of aliphatic hydroxyl groups is 4. The second-order valence-corrected chi connectivity index (χ2v) is 8.41. The van der Waals surface area contributed by atoms with Gasteiger partial charge in [0.2, 0.25) is 12.1 Å². The number of halogens is 1. The summed E-state index contributed by atoms with van der Waals surface area (Å²) in [5.41, 5.74) is 1.69. The van der Waals surface area contributed by atoms with E-state index in [0.29, 0.717) is 0 Å². The van der Waals surface area contributed by atoms with Crippen molar-refractivity contribution in [3.8, 4) is 17.5 Å². The van der Waals surface area contributed by atoms with Gasteiger partial charge in [-0.1, -0.05) is 17.3 Å². The fourth-order valence-electron chi connectivity index (χ4n) is 3.47. The van der Waals surface area contributed by atoms with Gasteiger partial charge in [0.25, 0.3) is 17.7 Å². The lowest BCUT2D eigenvalue weighted by Gasteiger charge is -2.39. The number of carboxylic acids is 1. The third-order valence-electron chi connectivity index (χ3n) is 5.43. The van der Waals surface area contributed by atoms with E-state index in [-0.39, 0.29) is 30.2 Å². The number of aromatic nitrogens is 2. The first-order valence-corrected chi connectivity index (χ1v) is 12.2. The molecule has 0 radical (unpaired) electrons. The highest BCUT2D eigenvalue weighted by molar-refractivity contribution is 6.45. The third-order valence-corrected chi connectivity index (χ3v) is 5.43. The number of esters is 1. The maximum atomic E-state index is 15.4. The highest BCUT2D eigenvalue weighted by Crippen LogP contribution is 2.31. The van der Waals surface area contributed by atoms with E-state index in [2.05, 4.69) is 15.1 Å². The largest absolute Gasteiger partial charge is 0.481 e. The van der Waals surface area contributed by atoms with Gasteiger partial charge in [-0.3, -0.25) is 19.2 Å². The molecule has 0 saturated carbocycles. The predicted octanol–water partition coefficient (Wildman–Crippen LogP) is -2.00. The Morgan fingerprint density at radius 3 is 2.51 bits per heavy atom. The molecule has 5 atom stereocenters. The van der Waals surface area contributed by atoms with Gasteiger partial charge in [-0.05, 0) is 12.1 Å². The number of aliphatic hydroxyl groups excluding tert-OH is 4. The van der Waals surface area contributed by atoms with Crippen LogP contribution in [0.25, 0.3) is 0 Å². The number of benzene rings is 1. The van der Waals surface area contributed by atoms with Crippen LogP contribution in [0.1, 0.15) is 12.0 Å². The number of nitrogens with zero attached hydrogens (tertiary/aromatic N) is 3. The maximum absolute atomic E-state index is 15.4. The van der Waals surface area contributed by atoms with Crippen molar-refractivity contribution in [2.24, 2.45) is 5.16 Å². The minimum absolute atomic E-state index is 0.00152. The van der Waals surface area contributed by atoms with E-state index in [9.17, 15) is 29.7 Å². The summed E-state index contributed by atoms with van der Waals surface area (Å²) >= 11 is 0. The van der Waals surface area contributed by atoms with E-state index in [0.717, 1.165) is 6.33 Å². The summed E-state index contributed by atoms with van der Waals surface area (Å²) in [7, 11) is 1.17. The van der Waals surface area contributed by atoms with E-state index in [1.807, 2.05) is 5.48 Å². The topological polar surface area (TPSA) is 258 Å². The molecule has 2 aromatic rings. The van der Waals surface area contributed by atoms with Crippen LogP contribution in [-0.4, -0.2) is 117 Å².